The van der Waals surface area contributed by atoms with Crippen LogP contribution in [-0.4, -0.2) is 23.6 Å². The molecule has 0 saturated heterocycles. The van der Waals surface area contributed by atoms with Gasteiger partial charge in [-0.25, -0.2) is 0 Å². The molecule has 1 aliphatic carbocycles. The molecular weight excluding hydrogens is 258 g/mol. The fourth-order valence-corrected chi connectivity index (χ4v) is 2.01. The summed E-state index contributed by atoms with van der Waals surface area (Å²) >= 11 is 5.10. The second-order valence-electron chi connectivity index (χ2n) is 4.66. The molecule has 5 heteroatoms. The number of amides is 1. The molecule has 0 atom stereocenters. The molecule has 0 spiro atoms. The van der Waals surface area contributed by atoms with Gasteiger partial charge in [-0.1, -0.05) is 25.1 Å². The predicted molar refractivity (Wildman–Crippen MR) is 81.2 cm³/mol. The Labute approximate surface area is 119 Å². The van der Waals surface area contributed by atoms with E-state index in [1.54, 1.807) is 0 Å². The molecular formula is C14H19N3OS. The van der Waals surface area contributed by atoms with Gasteiger partial charge in [0.2, 0.25) is 5.91 Å². The average Bonchev–Trinajstić information content (AvgIpc) is 3.21. The van der Waals surface area contributed by atoms with Crippen molar-refractivity contribution in [2.45, 2.75) is 32.2 Å². The normalized spacial score (nSPS) is 13.7. The van der Waals surface area contributed by atoms with Crippen molar-refractivity contribution in [2.75, 3.05) is 11.9 Å². The monoisotopic (exact) mass is 277 g/mol. The minimum absolute atomic E-state index is 0.0825. The van der Waals surface area contributed by atoms with Crippen LogP contribution in [0.2, 0.25) is 0 Å². The van der Waals surface area contributed by atoms with E-state index in [2.05, 4.69) is 22.9 Å². The van der Waals surface area contributed by atoms with Gasteiger partial charge in [0.25, 0.3) is 0 Å². The Balaban J connectivity index is 1.78. The lowest BCUT2D eigenvalue weighted by atomic mass is 10.1. The first-order chi connectivity index (χ1) is 9.19. The van der Waals surface area contributed by atoms with Gasteiger partial charge in [-0.15, -0.1) is 0 Å². The standard InChI is InChI=1S/C14H19N3OS/c1-2-10-5-3-4-6-12(10)17-13(18)9-15-14(19)16-11-7-8-11/h3-6,11H,2,7-9H2,1H3,(H,17,18)(H2,15,16,19). The second-order valence-corrected chi connectivity index (χ2v) is 5.07. The Bertz CT molecular complexity index is 472. The van der Waals surface area contributed by atoms with Gasteiger partial charge in [0.05, 0.1) is 6.54 Å². The first-order valence-electron chi connectivity index (χ1n) is 6.61. The van der Waals surface area contributed by atoms with Gasteiger partial charge in [0.1, 0.15) is 0 Å². The highest BCUT2D eigenvalue weighted by molar-refractivity contribution is 7.80. The molecule has 1 aromatic rings. The van der Waals surface area contributed by atoms with Crippen LogP contribution in [0, 0.1) is 0 Å². The van der Waals surface area contributed by atoms with Gasteiger partial charge in [-0.2, -0.15) is 0 Å². The van der Waals surface area contributed by atoms with E-state index in [4.69, 9.17) is 12.2 Å². The zero-order valence-corrected chi connectivity index (χ0v) is 11.8. The number of thiocarbonyl (C=S) groups is 1. The maximum atomic E-state index is 11.8. The Morgan fingerprint density at radius 3 is 2.79 bits per heavy atom. The topological polar surface area (TPSA) is 53.2 Å². The van der Waals surface area contributed by atoms with Crippen molar-refractivity contribution in [2.24, 2.45) is 0 Å². The summed E-state index contributed by atoms with van der Waals surface area (Å²) in [6, 6.07) is 8.33. The summed E-state index contributed by atoms with van der Waals surface area (Å²) in [5.74, 6) is -0.0825. The third kappa shape index (κ3) is 4.52. The highest BCUT2D eigenvalue weighted by atomic mass is 32.1. The van der Waals surface area contributed by atoms with E-state index in [0.29, 0.717) is 11.2 Å². The predicted octanol–water partition coefficient (Wildman–Crippen LogP) is 1.81. The van der Waals surface area contributed by atoms with E-state index in [-0.39, 0.29) is 12.5 Å². The number of carbonyl (C=O) groups is 1. The van der Waals surface area contributed by atoms with Crippen molar-refractivity contribution in [1.82, 2.24) is 10.6 Å². The van der Waals surface area contributed by atoms with Crippen molar-refractivity contribution in [3.63, 3.8) is 0 Å². The fourth-order valence-electron chi connectivity index (χ4n) is 1.77. The molecule has 19 heavy (non-hydrogen) atoms. The molecule has 1 saturated carbocycles. The van der Waals surface area contributed by atoms with Gasteiger partial charge in [0.15, 0.2) is 5.11 Å². The largest absolute Gasteiger partial charge is 0.360 e. The smallest absolute Gasteiger partial charge is 0.243 e. The quantitative estimate of drug-likeness (QED) is 0.719. The van der Waals surface area contributed by atoms with Crippen LogP contribution in [0.1, 0.15) is 25.3 Å². The number of carbonyl (C=O) groups excluding carboxylic acids is 1. The molecule has 0 unspecified atom stereocenters. The molecule has 1 fully saturated rings. The van der Waals surface area contributed by atoms with Crippen molar-refractivity contribution >= 4 is 28.9 Å². The number of rotatable bonds is 5. The lowest BCUT2D eigenvalue weighted by Gasteiger charge is -2.12. The Kier molecular flexibility index (Phi) is 4.74. The van der Waals surface area contributed by atoms with Gasteiger partial charge in [-0.3, -0.25) is 4.79 Å². The zero-order valence-electron chi connectivity index (χ0n) is 11.0. The Morgan fingerprint density at radius 2 is 2.11 bits per heavy atom. The SMILES string of the molecule is CCc1ccccc1NC(=O)CNC(=S)NC1CC1. The van der Waals surface area contributed by atoms with E-state index in [1.807, 2.05) is 24.3 Å². The van der Waals surface area contributed by atoms with Crippen LogP contribution in [0.3, 0.4) is 0 Å². The summed E-state index contributed by atoms with van der Waals surface area (Å²) in [5, 5.41) is 9.51. The van der Waals surface area contributed by atoms with E-state index >= 15 is 0 Å². The highest BCUT2D eigenvalue weighted by Crippen LogP contribution is 2.18. The molecule has 0 heterocycles. The van der Waals surface area contributed by atoms with E-state index in [0.717, 1.165) is 30.5 Å². The molecule has 0 aromatic heterocycles. The van der Waals surface area contributed by atoms with Crippen molar-refractivity contribution in [3.05, 3.63) is 29.8 Å². The van der Waals surface area contributed by atoms with Crippen molar-refractivity contribution < 1.29 is 4.79 Å². The number of nitrogens with one attached hydrogen (secondary N) is 3. The Morgan fingerprint density at radius 1 is 1.37 bits per heavy atom. The summed E-state index contributed by atoms with van der Waals surface area (Å²) in [5.41, 5.74) is 2.01. The molecule has 1 aromatic carbocycles. The van der Waals surface area contributed by atoms with Crippen molar-refractivity contribution in [3.8, 4) is 0 Å². The minimum atomic E-state index is -0.0825. The molecule has 1 aliphatic rings. The molecule has 3 N–H and O–H groups in total. The van der Waals surface area contributed by atoms with E-state index in [1.165, 1.54) is 0 Å². The van der Waals surface area contributed by atoms with E-state index < -0.39 is 0 Å². The summed E-state index contributed by atoms with van der Waals surface area (Å²) < 4.78 is 0. The number of para-hydroxylation sites is 1. The number of hydrogen-bond donors (Lipinski definition) is 3. The summed E-state index contributed by atoms with van der Waals surface area (Å²) in [6.45, 7) is 2.26. The molecule has 0 radical (unpaired) electrons. The summed E-state index contributed by atoms with van der Waals surface area (Å²) in [6.07, 6.45) is 3.22. The van der Waals surface area contributed by atoms with Crippen LogP contribution in [0.4, 0.5) is 5.69 Å². The first kappa shape index (κ1) is 13.8. The fraction of sp³-hybridized carbons (Fsp3) is 0.429. The average molecular weight is 277 g/mol. The zero-order chi connectivity index (χ0) is 13.7. The van der Waals surface area contributed by atoms with Crippen LogP contribution in [0.15, 0.2) is 24.3 Å². The van der Waals surface area contributed by atoms with E-state index in [9.17, 15) is 4.79 Å². The molecule has 4 nitrogen and oxygen atoms in total. The van der Waals surface area contributed by atoms with Crippen LogP contribution in [0.25, 0.3) is 0 Å². The van der Waals surface area contributed by atoms with Gasteiger partial charge < -0.3 is 16.0 Å². The third-order valence-corrected chi connectivity index (χ3v) is 3.26. The molecule has 1 amide bonds. The lowest BCUT2D eigenvalue weighted by molar-refractivity contribution is -0.115. The maximum Gasteiger partial charge on any atom is 0.243 e. The van der Waals surface area contributed by atoms with Crippen LogP contribution in [-0.2, 0) is 11.2 Å². The number of benzene rings is 1. The van der Waals surface area contributed by atoms with Crippen molar-refractivity contribution in [1.29, 1.82) is 0 Å². The molecule has 102 valence electrons. The van der Waals surface area contributed by atoms with Gasteiger partial charge in [-0.05, 0) is 43.1 Å². The molecule has 0 aliphatic heterocycles. The molecule has 0 bridgehead atoms. The third-order valence-electron chi connectivity index (χ3n) is 2.99. The van der Waals surface area contributed by atoms with Crippen LogP contribution in [0.5, 0.6) is 0 Å². The minimum Gasteiger partial charge on any atom is -0.360 e. The number of aryl methyl sites for hydroxylation is 1. The first-order valence-corrected chi connectivity index (χ1v) is 7.02. The molecule has 2 rings (SSSR count). The summed E-state index contributed by atoms with van der Waals surface area (Å²) in [4.78, 5) is 11.8. The number of hydrogen-bond acceptors (Lipinski definition) is 2. The lowest BCUT2D eigenvalue weighted by Crippen LogP contribution is -2.40. The number of anilines is 1. The van der Waals surface area contributed by atoms with Gasteiger partial charge in [0, 0.05) is 11.7 Å². The second kappa shape index (κ2) is 6.52. The summed E-state index contributed by atoms with van der Waals surface area (Å²) in [7, 11) is 0. The van der Waals surface area contributed by atoms with Gasteiger partial charge >= 0.3 is 0 Å². The highest BCUT2D eigenvalue weighted by Gasteiger charge is 2.21. The van der Waals surface area contributed by atoms with Crippen LogP contribution >= 0.6 is 12.2 Å². The van der Waals surface area contributed by atoms with Crippen LogP contribution < -0.4 is 16.0 Å². The Hall–Kier alpha value is -1.62. The maximum absolute atomic E-state index is 11.8.